The Labute approximate surface area is 106 Å². The predicted molar refractivity (Wildman–Crippen MR) is 68.8 cm³/mol. The molecular weight excluding hydrogens is 232 g/mol. The Bertz CT molecular complexity index is 442. The molecule has 98 valence electrons. The van der Waals surface area contributed by atoms with Crippen LogP contribution >= 0.6 is 0 Å². The molecule has 0 aromatic heterocycles. The van der Waals surface area contributed by atoms with Crippen molar-refractivity contribution in [1.29, 1.82) is 0 Å². The minimum atomic E-state index is -0.409. The van der Waals surface area contributed by atoms with E-state index in [0.717, 1.165) is 6.42 Å². The van der Waals surface area contributed by atoms with Gasteiger partial charge in [-0.3, -0.25) is 10.1 Å². The lowest BCUT2D eigenvalue weighted by atomic mass is 9.64. The van der Waals surface area contributed by atoms with E-state index in [2.05, 4.69) is 19.2 Å². The summed E-state index contributed by atoms with van der Waals surface area (Å²) in [6.07, 6.45) is 1.11. The van der Waals surface area contributed by atoms with Crippen LogP contribution in [0, 0.1) is 15.5 Å². The molecule has 1 N–H and O–H groups in total. The van der Waals surface area contributed by atoms with Gasteiger partial charge < -0.3 is 10.1 Å². The summed E-state index contributed by atoms with van der Waals surface area (Å²) in [4.78, 5) is 10.1. The van der Waals surface area contributed by atoms with Crippen LogP contribution < -0.4 is 10.1 Å². The van der Waals surface area contributed by atoms with Gasteiger partial charge >= 0.3 is 0 Å². The summed E-state index contributed by atoms with van der Waals surface area (Å²) in [5.74, 6) is 0.688. The molecule has 2 rings (SSSR count). The van der Waals surface area contributed by atoms with E-state index in [0.29, 0.717) is 11.8 Å². The third kappa shape index (κ3) is 2.18. The molecule has 1 aliphatic rings. The number of rotatable bonds is 4. The smallest absolute Gasteiger partial charge is 0.269 e. The Hall–Kier alpha value is -1.62. The van der Waals surface area contributed by atoms with Crippen molar-refractivity contribution in [3.05, 3.63) is 34.4 Å². The maximum absolute atomic E-state index is 10.5. The van der Waals surface area contributed by atoms with Crippen molar-refractivity contribution in [3.8, 4) is 5.75 Å². The molecule has 0 saturated heterocycles. The van der Waals surface area contributed by atoms with Gasteiger partial charge in [0.25, 0.3) is 5.69 Å². The molecule has 0 amide bonds. The Kier molecular flexibility index (Phi) is 3.26. The number of nitrogens with zero attached hydrogens (tertiary/aromatic N) is 1. The van der Waals surface area contributed by atoms with Crippen molar-refractivity contribution in [2.45, 2.75) is 32.4 Å². The Morgan fingerprint density at radius 2 is 2.00 bits per heavy atom. The average Bonchev–Trinajstić information content (AvgIpc) is 2.34. The SMILES string of the molecule is CNC1CC(Oc2ccc([N+](=O)[O-])cc2)C1(C)C. The van der Waals surface area contributed by atoms with Gasteiger partial charge in [-0.2, -0.15) is 0 Å². The number of ether oxygens (including phenoxy) is 1. The molecule has 2 unspecified atom stereocenters. The molecule has 1 aliphatic carbocycles. The van der Waals surface area contributed by atoms with Gasteiger partial charge in [-0.25, -0.2) is 0 Å². The number of nitrogens with one attached hydrogen (secondary N) is 1. The molecule has 5 heteroatoms. The van der Waals surface area contributed by atoms with Crippen molar-refractivity contribution in [3.63, 3.8) is 0 Å². The topological polar surface area (TPSA) is 64.4 Å². The molecule has 0 heterocycles. The van der Waals surface area contributed by atoms with Crippen molar-refractivity contribution in [2.24, 2.45) is 5.41 Å². The largest absolute Gasteiger partial charge is 0.490 e. The van der Waals surface area contributed by atoms with Crippen LogP contribution in [0.15, 0.2) is 24.3 Å². The summed E-state index contributed by atoms with van der Waals surface area (Å²) < 4.78 is 5.87. The molecule has 0 radical (unpaired) electrons. The minimum Gasteiger partial charge on any atom is -0.490 e. The number of hydrogen-bond acceptors (Lipinski definition) is 4. The zero-order valence-corrected chi connectivity index (χ0v) is 10.8. The monoisotopic (exact) mass is 250 g/mol. The molecule has 2 atom stereocenters. The van der Waals surface area contributed by atoms with E-state index >= 15 is 0 Å². The van der Waals surface area contributed by atoms with Crippen molar-refractivity contribution in [1.82, 2.24) is 5.32 Å². The number of non-ortho nitro benzene ring substituents is 1. The van der Waals surface area contributed by atoms with Gasteiger partial charge in [0.05, 0.1) is 4.92 Å². The zero-order valence-electron chi connectivity index (χ0n) is 10.8. The standard InChI is InChI=1S/C13H18N2O3/c1-13(2)11(14-3)8-12(13)18-10-6-4-9(5-7-10)15(16)17/h4-7,11-12,14H,8H2,1-3H3. The highest BCUT2D eigenvalue weighted by molar-refractivity contribution is 5.36. The normalized spacial score (nSPS) is 25.3. The van der Waals surface area contributed by atoms with Gasteiger partial charge in [-0.05, 0) is 19.2 Å². The fourth-order valence-electron chi connectivity index (χ4n) is 2.39. The van der Waals surface area contributed by atoms with E-state index in [1.807, 2.05) is 7.05 Å². The molecule has 1 fully saturated rings. The van der Waals surface area contributed by atoms with Gasteiger partial charge in [-0.1, -0.05) is 13.8 Å². The van der Waals surface area contributed by atoms with Gasteiger partial charge in [0.15, 0.2) is 0 Å². The highest BCUT2D eigenvalue weighted by Gasteiger charge is 2.49. The molecule has 1 aromatic carbocycles. The lowest BCUT2D eigenvalue weighted by Crippen LogP contribution is -2.61. The fourth-order valence-corrected chi connectivity index (χ4v) is 2.39. The first-order valence-electron chi connectivity index (χ1n) is 6.03. The van der Waals surface area contributed by atoms with Crippen LogP contribution in [-0.2, 0) is 0 Å². The maximum Gasteiger partial charge on any atom is 0.269 e. The second kappa shape index (κ2) is 4.57. The van der Waals surface area contributed by atoms with Crippen molar-refractivity contribution >= 4 is 5.69 Å². The Morgan fingerprint density at radius 1 is 1.39 bits per heavy atom. The summed E-state index contributed by atoms with van der Waals surface area (Å²) in [5.41, 5.74) is 0.166. The van der Waals surface area contributed by atoms with Crippen molar-refractivity contribution in [2.75, 3.05) is 7.05 Å². The molecule has 0 bridgehead atoms. The third-order valence-corrected chi connectivity index (χ3v) is 3.85. The van der Waals surface area contributed by atoms with Gasteiger partial charge in [0.1, 0.15) is 11.9 Å². The average molecular weight is 250 g/mol. The van der Waals surface area contributed by atoms with Crippen LogP contribution in [0.1, 0.15) is 20.3 Å². The summed E-state index contributed by atoms with van der Waals surface area (Å²) in [6, 6.07) is 6.70. The van der Waals surface area contributed by atoms with E-state index in [9.17, 15) is 10.1 Å². The molecule has 18 heavy (non-hydrogen) atoms. The number of nitro benzene ring substituents is 1. The molecule has 0 spiro atoms. The summed E-state index contributed by atoms with van der Waals surface area (Å²) in [6.45, 7) is 4.32. The van der Waals surface area contributed by atoms with E-state index in [-0.39, 0.29) is 17.2 Å². The van der Waals surface area contributed by atoms with E-state index < -0.39 is 4.92 Å². The highest BCUT2D eigenvalue weighted by Crippen LogP contribution is 2.42. The lowest BCUT2D eigenvalue weighted by Gasteiger charge is -2.51. The Morgan fingerprint density at radius 3 is 2.44 bits per heavy atom. The molecular formula is C13H18N2O3. The highest BCUT2D eigenvalue weighted by atomic mass is 16.6. The minimum absolute atomic E-state index is 0.0799. The molecule has 1 saturated carbocycles. The van der Waals surface area contributed by atoms with Gasteiger partial charge in [0.2, 0.25) is 0 Å². The van der Waals surface area contributed by atoms with Gasteiger partial charge in [-0.15, -0.1) is 0 Å². The van der Waals surface area contributed by atoms with Crippen LogP contribution in [0.2, 0.25) is 0 Å². The summed E-state index contributed by atoms with van der Waals surface area (Å²) >= 11 is 0. The quantitative estimate of drug-likeness (QED) is 0.658. The molecule has 0 aliphatic heterocycles. The summed E-state index contributed by atoms with van der Waals surface area (Å²) in [5, 5.41) is 13.8. The second-order valence-electron chi connectivity index (χ2n) is 5.26. The first-order valence-corrected chi connectivity index (χ1v) is 6.03. The van der Waals surface area contributed by atoms with Crippen molar-refractivity contribution < 1.29 is 9.66 Å². The third-order valence-electron chi connectivity index (χ3n) is 3.85. The fraction of sp³-hybridized carbons (Fsp3) is 0.538. The van der Waals surface area contributed by atoms with Gasteiger partial charge in [0, 0.05) is 30.0 Å². The maximum atomic E-state index is 10.5. The lowest BCUT2D eigenvalue weighted by molar-refractivity contribution is -0.384. The first-order chi connectivity index (χ1) is 8.45. The van der Waals surface area contributed by atoms with E-state index in [1.165, 1.54) is 12.1 Å². The molecule has 5 nitrogen and oxygen atoms in total. The van der Waals surface area contributed by atoms with Crippen LogP contribution in [0.3, 0.4) is 0 Å². The number of nitro groups is 1. The summed E-state index contributed by atoms with van der Waals surface area (Å²) in [7, 11) is 1.95. The van der Waals surface area contributed by atoms with Crippen LogP contribution in [0.4, 0.5) is 5.69 Å². The second-order valence-corrected chi connectivity index (χ2v) is 5.26. The molecule has 1 aromatic rings. The van der Waals surface area contributed by atoms with E-state index in [4.69, 9.17) is 4.74 Å². The zero-order chi connectivity index (χ0) is 13.3. The van der Waals surface area contributed by atoms with Crippen LogP contribution in [-0.4, -0.2) is 24.1 Å². The predicted octanol–water partition coefficient (Wildman–Crippen LogP) is 2.36. The number of benzene rings is 1. The number of hydrogen-bond donors (Lipinski definition) is 1. The Balaban J connectivity index is 2.01. The first kappa shape index (κ1) is 12.8. The van der Waals surface area contributed by atoms with E-state index in [1.54, 1.807) is 12.1 Å². The van der Waals surface area contributed by atoms with Crippen LogP contribution in [0.25, 0.3) is 0 Å². The van der Waals surface area contributed by atoms with Crippen LogP contribution in [0.5, 0.6) is 5.75 Å².